The summed E-state index contributed by atoms with van der Waals surface area (Å²) in [5.74, 6) is 0.525. The van der Waals surface area contributed by atoms with Gasteiger partial charge in [0.05, 0.1) is 11.0 Å². The van der Waals surface area contributed by atoms with Crippen molar-refractivity contribution in [3.63, 3.8) is 0 Å². The standard InChI is InChI=1S/C37H30N2/c1-25-9-8-13-33-32-12-4-7-16-36(32)39(37(25)33)29-23-19-27(20-24-29)26-17-21-28(22-18-26)38-34-14-5-2-10-30(34)31-11-3-6-15-35(31)38/h2-6,8,10-15,17-25H,7,9,16H2,1H3. The molecule has 2 aliphatic rings. The first-order valence-corrected chi connectivity index (χ1v) is 14.1. The quantitative estimate of drug-likeness (QED) is 0.228. The summed E-state index contributed by atoms with van der Waals surface area (Å²) in [6.07, 6.45) is 12.7. The first-order chi connectivity index (χ1) is 19.3. The van der Waals surface area contributed by atoms with E-state index >= 15 is 0 Å². The fourth-order valence-corrected chi connectivity index (χ4v) is 6.80. The predicted molar refractivity (Wildman–Crippen MR) is 165 cm³/mol. The van der Waals surface area contributed by atoms with Gasteiger partial charge < -0.3 is 9.13 Å². The lowest BCUT2D eigenvalue weighted by molar-refractivity contribution is 0.704. The number of nitrogens with zero attached hydrogens (tertiary/aromatic N) is 2. The van der Waals surface area contributed by atoms with Crippen LogP contribution in [0.4, 0.5) is 0 Å². The molecule has 2 aliphatic carbocycles. The zero-order chi connectivity index (χ0) is 25.9. The van der Waals surface area contributed by atoms with Crippen molar-refractivity contribution in [2.24, 2.45) is 0 Å². The summed E-state index contributed by atoms with van der Waals surface area (Å²) in [7, 11) is 0. The third kappa shape index (κ3) is 3.41. The first kappa shape index (κ1) is 22.4. The molecule has 1 atom stereocenters. The summed E-state index contributed by atoms with van der Waals surface area (Å²) < 4.78 is 4.93. The number of benzene rings is 4. The molecule has 188 valence electrons. The van der Waals surface area contributed by atoms with E-state index < -0.39 is 0 Å². The molecule has 0 saturated carbocycles. The average molecular weight is 503 g/mol. The molecule has 2 heterocycles. The Morgan fingerprint density at radius 3 is 1.79 bits per heavy atom. The van der Waals surface area contributed by atoms with Crippen LogP contribution in [0.15, 0.2) is 109 Å². The van der Waals surface area contributed by atoms with Crippen LogP contribution in [0.3, 0.4) is 0 Å². The van der Waals surface area contributed by atoms with Crippen molar-refractivity contribution in [3.05, 3.63) is 132 Å². The van der Waals surface area contributed by atoms with Gasteiger partial charge in [-0.2, -0.15) is 0 Å². The molecule has 1 unspecified atom stereocenters. The average Bonchev–Trinajstić information content (AvgIpc) is 3.52. The smallest absolute Gasteiger partial charge is 0.0541 e. The van der Waals surface area contributed by atoms with E-state index in [9.17, 15) is 0 Å². The van der Waals surface area contributed by atoms with Gasteiger partial charge in [0.2, 0.25) is 0 Å². The van der Waals surface area contributed by atoms with Crippen LogP contribution in [-0.2, 0) is 6.42 Å². The maximum Gasteiger partial charge on any atom is 0.0541 e. The predicted octanol–water partition coefficient (Wildman–Crippen LogP) is 9.72. The minimum Gasteiger partial charge on any atom is -0.316 e. The van der Waals surface area contributed by atoms with Crippen LogP contribution >= 0.6 is 0 Å². The highest BCUT2D eigenvalue weighted by Crippen LogP contribution is 2.40. The van der Waals surface area contributed by atoms with E-state index in [2.05, 4.69) is 137 Å². The molecule has 6 aromatic rings. The van der Waals surface area contributed by atoms with E-state index in [-0.39, 0.29) is 0 Å². The summed E-state index contributed by atoms with van der Waals surface area (Å²) in [4.78, 5) is 0. The molecule has 0 bridgehead atoms. The lowest BCUT2D eigenvalue weighted by Gasteiger charge is -2.20. The van der Waals surface area contributed by atoms with E-state index in [1.165, 1.54) is 66.8 Å². The van der Waals surface area contributed by atoms with E-state index in [4.69, 9.17) is 0 Å². The van der Waals surface area contributed by atoms with Crippen LogP contribution in [0.5, 0.6) is 0 Å². The minimum absolute atomic E-state index is 0.525. The molecule has 0 N–H and O–H groups in total. The van der Waals surface area contributed by atoms with Gasteiger partial charge in [0.15, 0.2) is 0 Å². The van der Waals surface area contributed by atoms with Crippen LogP contribution in [-0.4, -0.2) is 9.13 Å². The Kier molecular flexibility index (Phi) is 5.03. The highest BCUT2D eigenvalue weighted by atomic mass is 15.0. The number of allylic oxidation sites excluding steroid dienone is 2. The Morgan fingerprint density at radius 1 is 0.590 bits per heavy atom. The topological polar surface area (TPSA) is 9.86 Å². The van der Waals surface area contributed by atoms with Crippen molar-refractivity contribution >= 4 is 34.0 Å². The number of hydrogen-bond donors (Lipinski definition) is 0. The van der Waals surface area contributed by atoms with Crippen molar-refractivity contribution < 1.29 is 0 Å². The molecule has 8 rings (SSSR count). The number of para-hydroxylation sites is 2. The monoisotopic (exact) mass is 502 g/mol. The second-order valence-electron chi connectivity index (χ2n) is 10.9. The second kappa shape index (κ2) is 8.74. The molecule has 0 aliphatic heterocycles. The van der Waals surface area contributed by atoms with E-state index in [1.54, 1.807) is 0 Å². The van der Waals surface area contributed by atoms with Gasteiger partial charge in [0, 0.05) is 50.6 Å². The fourth-order valence-electron chi connectivity index (χ4n) is 6.80. The molecule has 0 fully saturated rings. The van der Waals surface area contributed by atoms with Crippen LogP contribution in [0.1, 0.15) is 48.2 Å². The zero-order valence-electron chi connectivity index (χ0n) is 22.1. The lowest BCUT2D eigenvalue weighted by atomic mass is 9.91. The van der Waals surface area contributed by atoms with Crippen LogP contribution in [0, 0.1) is 0 Å². The summed E-state index contributed by atoms with van der Waals surface area (Å²) >= 11 is 0. The Balaban J connectivity index is 1.17. The lowest BCUT2D eigenvalue weighted by Crippen LogP contribution is -2.09. The van der Waals surface area contributed by atoms with Crippen LogP contribution in [0.2, 0.25) is 0 Å². The third-order valence-electron chi connectivity index (χ3n) is 8.63. The van der Waals surface area contributed by atoms with Crippen molar-refractivity contribution in [1.29, 1.82) is 0 Å². The number of hydrogen-bond acceptors (Lipinski definition) is 0. The summed E-state index contributed by atoms with van der Waals surface area (Å²) in [6, 6.07) is 35.6. The Hall–Kier alpha value is -4.56. The summed E-state index contributed by atoms with van der Waals surface area (Å²) in [6.45, 7) is 2.36. The Bertz CT molecular complexity index is 1870. The van der Waals surface area contributed by atoms with Crippen LogP contribution in [0.25, 0.3) is 56.5 Å². The van der Waals surface area contributed by atoms with Gasteiger partial charge in [-0.3, -0.25) is 0 Å². The van der Waals surface area contributed by atoms with Crippen molar-refractivity contribution in [2.75, 3.05) is 0 Å². The number of rotatable bonds is 3. The van der Waals surface area contributed by atoms with Gasteiger partial charge in [0.25, 0.3) is 0 Å². The maximum absolute atomic E-state index is 2.55. The van der Waals surface area contributed by atoms with Gasteiger partial charge in [-0.25, -0.2) is 0 Å². The largest absolute Gasteiger partial charge is 0.316 e. The molecule has 4 aromatic carbocycles. The molecular weight excluding hydrogens is 472 g/mol. The molecule has 2 nitrogen and oxygen atoms in total. The SMILES string of the molecule is CC1CC=Cc2c3c(n(-c4ccc(-c5ccc(-n6c7ccccc7c7ccccc76)cc5)cc4)c21)CCC=C3. The molecule has 2 heteroatoms. The van der Waals surface area contributed by atoms with E-state index in [1.807, 2.05) is 0 Å². The van der Waals surface area contributed by atoms with Crippen molar-refractivity contribution in [1.82, 2.24) is 9.13 Å². The molecule has 0 radical (unpaired) electrons. The summed E-state index contributed by atoms with van der Waals surface area (Å²) in [5, 5.41) is 2.59. The highest BCUT2D eigenvalue weighted by molar-refractivity contribution is 6.09. The van der Waals surface area contributed by atoms with Gasteiger partial charge in [-0.05, 0) is 66.8 Å². The molecule has 0 spiro atoms. The van der Waals surface area contributed by atoms with Gasteiger partial charge >= 0.3 is 0 Å². The Morgan fingerprint density at radius 2 is 1.15 bits per heavy atom. The van der Waals surface area contributed by atoms with Gasteiger partial charge in [0.1, 0.15) is 0 Å². The first-order valence-electron chi connectivity index (χ1n) is 14.1. The molecule has 2 aromatic heterocycles. The maximum atomic E-state index is 2.55. The molecule has 39 heavy (non-hydrogen) atoms. The Labute approximate surface area is 229 Å². The third-order valence-corrected chi connectivity index (χ3v) is 8.63. The second-order valence-corrected chi connectivity index (χ2v) is 10.9. The number of aromatic nitrogens is 2. The summed E-state index contributed by atoms with van der Waals surface area (Å²) in [5.41, 5.74) is 13.2. The fraction of sp³-hybridized carbons (Fsp3) is 0.135. The number of fused-ring (bicyclic) bond motifs is 6. The molecule has 0 saturated heterocycles. The van der Waals surface area contributed by atoms with Crippen LogP contribution < -0.4 is 0 Å². The normalized spacial score (nSPS) is 16.1. The van der Waals surface area contributed by atoms with Crippen molar-refractivity contribution in [2.45, 2.75) is 32.1 Å². The van der Waals surface area contributed by atoms with E-state index in [0.29, 0.717) is 5.92 Å². The molecule has 0 amide bonds. The minimum atomic E-state index is 0.525. The van der Waals surface area contributed by atoms with Gasteiger partial charge in [-0.15, -0.1) is 0 Å². The zero-order valence-corrected chi connectivity index (χ0v) is 22.1. The molecular formula is C37H30N2. The van der Waals surface area contributed by atoms with Crippen molar-refractivity contribution in [3.8, 4) is 22.5 Å². The van der Waals surface area contributed by atoms with E-state index in [0.717, 1.165) is 19.3 Å². The van der Waals surface area contributed by atoms with Gasteiger partial charge in [-0.1, -0.05) is 91.9 Å². The highest BCUT2D eigenvalue weighted by Gasteiger charge is 2.26.